The minimum absolute atomic E-state index is 0. The van der Waals surface area contributed by atoms with Crippen LogP contribution in [0.4, 0.5) is 0 Å². The molecule has 2 aliphatic rings. The summed E-state index contributed by atoms with van der Waals surface area (Å²) in [6, 6.07) is 25.7. The molecule has 0 aliphatic heterocycles. The number of thiol groups is 2. The fraction of sp³-hybridized carbons (Fsp3) is 0.0769. The molecule has 6 rings (SSSR count). The van der Waals surface area contributed by atoms with Crippen LogP contribution in [0.2, 0.25) is 0 Å². The molecule has 2 atom stereocenters. The lowest BCUT2D eigenvalue weighted by atomic mass is 9.93. The number of rotatable bonds is 0. The third-order valence-electron chi connectivity index (χ3n) is 5.49. The van der Waals surface area contributed by atoms with Gasteiger partial charge < -0.3 is 5.48 Å². The zero-order chi connectivity index (χ0) is 19.1. The summed E-state index contributed by atoms with van der Waals surface area (Å²) >= 11 is 9.11. The van der Waals surface area contributed by atoms with Crippen LogP contribution in [0.1, 0.15) is 32.8 Å². The van der Waals surface area contributed by atoms with Gasteiger partial charge in [0.05, 0.1) is 0 Å². The van der Waals surface area contributed by atoms with E-state index in [1.54, 1.807) is 0 Å². The fourth-order valence-corrected chi connectivity index (χ4v) is 4.77. The zero-order valence-electron chi connectivity index (χ0n) is 15.8. The summed E-state index contributed by atoms with van der Waals surface area (Å²) in [5.74, 6) is 0. The molecule has 0 spiro atoms. The molecule has 0 bridgehead atoms. The van der Waals surface area contributed by atoms with Crippen LogP contribution in [0.15, 0.2) is 84.9 Å². The summed E-state index contributed by atoms with van der Waals surface area (Å²) in [6.07, 6.45) is 8.60. The van der Waals surface area contributed by atoms with Crippen molar-refractivity contribution >= 4 is 59.0 Å². The topological polar surface area (TPSA) is 31.5 Å². The Morgan fingerprint density at radius 2 is 0.897 bits per heavy atom. The Kier molecular flexibility index (Phi) is 5.55. The van der Waals surface area contributed by atoms with E-state index in [0.717, 1.165) is 0 Å². The molecule has 0 radical (unpaired) electrons. The number of hydrogen-bond acceptors (Lipinski definition) is 2. The molecular weight excluding hydrogens is 392 g/mol. The largest absolute Gasteiger partial charge is 0.412 e. The first kappa shape index (κ1) is 19.8. The standard InChI is InChI=1S/2C13H10S.H2O/c2*14-12-8-7-10-4-1-3-9-5-2-6-11(12)13(9)10;/h2*1-8,12,14H;1H2. The van der Waals surface area contributed by atoms with Gasteiger partial charge in [-0.1, -0.05) is 97.1 Å². The lowest BCUT2D eigenvalue weighted by Gasteiger charge is -2.16. The van der Waals surface area contributed by atoms with Gasteiger partial charge in [-0.3, -0.25) is 0 Å². The Balaban J connectivity index is 0.000000137. The second kappa shape index (κ2) is 8.11. The van der Waals surface area contributed by atoms with Crippen LogP contribution in [-0.2, 0) is 0 Å². The van der Waals surface area contributed by atoms with Crippen molar-refractivity contribution in [1.29, 1.82) is 0 Å². The lowest BCUT2D eigenvalue weighted by Crippen LogP contribution is -1.95. The molecule has 0 amide bonds. The SMILES string of the molecule is O.SC1C=Cc2cccc3cccc1c23.SC1C=Cc2cccc3cccc1c23. The Morgan fingerprint density at radius 3 is 1.31 bits per heavy atom. The van der Waals surface area contributed by atoms with E-state index < -0.39 is 0 Å². The molecule has 29 heavy (non-hydrogen) atoms. The highest BCUT2D eigenvalue weighted by molar-refractivity contribution is 7.80. The van der Waals surface area contributed by atoms with Crippen molar-refractivity contribution in [3.63, 3.8) is 0 Å². The van der Waals surface area contributed by atoms with Gasteiger partial charge in [0.2, 0.25) is 0 Å². The van der Waals surface area contributed by atoms with Crippen molar-refractivity contribution in [2.75, 3.05) is 0 Å². The fourth-order valence-electron chi connectivity index (χ4n) is 4.17. The van der Waals surface area contributed by atoms with E-state index in [1.165, 1.54) is 43.8 Å². The van der Waals surface area contributed by atoms with Crippen molar-refractivity contribution in [2.24, 2.45) is 0 Å². The van der Waals surface area contributed by atoms with E-state index in [0.29, 0.717) is 0 Å². The van der Waals surface area contributed by atoms with Gasteiger partial charge in [-0.25, -0.2) is 0 Å². The van der Waals surface area contributed by atoms with Gasteiger partial charge in [0.15, 0.2) is 0 Å². The molecule has 3 heteroatoms. The predicted octanol–water partition coefficient (Wildman–Crippen LogP) is 6.85. The Bertz CT molecular complexity index is 1150. The van der Waals surface area contributed by atoms with E-state index in [-0.39, 0.29) is 16.0 Å². The first-order valence-electron chi connectivity index (χ1n) is 9.48. The van der Waals surface area contributed by atoms with Crippen LogP contribution in [0.25, 0.3) is 33.7 Å². The average Bonchev–Trinajstić information content (AvgIpc) is 2.74. The highest BCUT2D eigenvalue weighted by Gasteiger charge is 2.14. The molecule has 2 unspecified atom stereocenters. The van der Waals surface area contributed by atoms with Crippen LogP contribution in [-0.4, -0.2) is 5.48 Å². The average molecular weight is 415 g/mol. The van der Waals surface area contributed by atoms with Crippen LogP contribution < -0.4 is 0 Å². The van der Waals surface area contributed by atoms with E-state index in [1.807, 2.05) is 0 Å². The molecule has 1 nitrogen and oxygen atoms in total. The molecule has 0 saturated heterocycles. The predicted molar refractivity (Wildman–Crippen MR) is 133 cm³/mol. The Morgan fingerprint density at radius 1 is 0.517 bits per heavy atom. The maximum absolute atomic E-state index is 4.55. The van der Waals surface area contributed by atoms with Crippen molar-refractivity contribution in [2.45, 2.75) is 10.5 Å². The van der Waals surface area contributed by atoms with Gasteiger partial charge >= 0.3 is 0 Å². The summed E-state index contributed by atoms with van der Waals surface area (Å²) in [5.41, 5.74) is 5.26. The minimum Gasteiger partial charge on any atom is -0.412 e. The van der Waals surface area contributed by atoms with Crippen molar-refractivity contribution < 1.29 is 5.48 Å². The van der Waals surface area contributed by atoms with Crippen LogP contribution in [0, 0.1) is 0 Å². The van der Waals surface area contributed by atoms with Gasteiger partial charge in [-0.15, -0.1) is 0 Å². The first-order chi connectivity index (χ1) is 13.7. The zero-order valence-corrected chi connectivity index (χ0v) is 17.6. The van der Waals surface area contributed by atoms with Crippen molar-refractivity contribution in [3.05, 3.63) is 107 Å². The third-order valence-corrected chi connectivity index (χ3v) is 6.39. The number of hydrogen-bond donors (Lipinski definition) is 2. The number of benzene rings is 4. The van der Waals surface area contributed by atoms with Crippen molar-refractivity contribution in [3.8, 4) is 0 Å². The third kappa shape index (κ3) is 3.51. The normalized spacial score (nSPS) is 18.1. The van der Waals surface area contributed by atoms with E-state index in [9.17, 15) is 0 Å². The van der Waals surface area contributed by atoms with Gasteiger partial charge in [0.1, 0.15) is 0 Å². The summed E-state index contributed by atoms with van der Waals surface area (Å²) in [6.45, 7) is 0. The summed E-state index contributed by atoms with van der Waals surface area (Å²) in [4.78, 5) is 0. The van der Waals surface area contributed by atoms with E-state index in [2.05, 4.69) is 122 Å². The molecule has 4 aromatic rings. The molecule has 4 aromatic carbocycles. The molecule has 0 heterocycles. The van der Waals surface area contributed by atoms with Crippen LogP contribution in [0.3, 0.4) is 0 Å². The summed E-state index contributed by atoms with van der Waals surface area (Å²) in [7, 11) is 0. The smallest absolute Gasteiger partial charge is 0.0456 e. The minimum atomic E-state index is 0. The molecule has 0 aromatic heterocycles. The second-order valence-corrected chi connectivity index (χ2v) is 8.31. The highest BCUT2D eigenvalue weighted by Crippen LogP contribution is 2.37. The van der Waals surface area contributed by atoms with E-state index in [4.69, 9.17) is 0 Å². The van der Waals surface area contributed by atoms with E-state index >= 15 is 0 Å². The van der Waals surface area contributed by atoms with Crippen molar-refractivity contribution in [1.82, 2.24) is 0 Å². The Hall–Kier alpha value is -2.46. The molecule has 144 valence electrons. The molecule has 0 fully saturated rings. The lowest BCUT2D eigenvalue weighted by molar-refractivity contribution is 0.824. The first-order valence-corrected chi connectivity index (χ1v) is 10.5. The summed E-state index contributed by atoms with van der Waals surface area (Å²) < 4.78 is 0. The van der Waals surface area contributed by atoms with Crippen LogP contribution >= 0.6 is 25.3 Å². The molecule has 0 saturated carbocycles. The van der Waals surface area contributed by atoms with Gasteiger partial charge in [-0.2, -0.15) is 25.3 Å². The molecule has 2 N–H and O–H groups in total. The maximum Gasteiger partial charge on any atom is 0.0456 e. The summed E-state index contributed by atoms with van der Waals surface area (Å²) in [5, 5.41) is 5.82. The van der Waals surface area contributed by atoms with Gasteiger partial charge in [0.25, 0.3) is 0 Å². The van der Waals surface area contributed by atoms with Gasteiger partial charge in [0, 0.05) is 10.5 Å². The maximum atomic E-state index is 4.55. The monoisotopic (exact) mass is 414 g/mol. The second-order valence-electron chi connectivity index (χ2n) is 7.19. The Labute approximate surface area is 181 Å². The molecule has 2 aliphatic carbocycles. The quantitative estimate of drug-likeness (QED) is 0.295. The van der Waals surface area contributed by atoms with Crippen LogP contribution in [0.5, 0.6) is 0 Å². The van der Waals surface area contributed by atoms with Gasteiger partial charge in [-0.05, 0) is 43.8 Å². The highest BCUT2D eigenvalue weighted by atomic mass is 32.1. The molecular formula is C26H22OS2.